The summed E-state index contributed by atoms with van der Waals surface area (Å²) in [6.45, 7) is 9.42. The van der Waals surface area contributed by atoms with Crippen molar-refractivity contribution >= 4 is 0 Å². The molecule has 0 radical (unpaired) electrons. The van der Waals surface area contributed by atoms with E-state index < -0.39 is 0 Å². The molecule has 68 valence electrons. The molecule has 0 aromatic heterocycles. The molecule has 2 heteroatoms. The zero-order valence-corrected chi connectivity index (χ0v) is 8.05. The van der Waals surface area contributed by atoms with Gasteiger partial charge in [-0.15, -0.1) is 0 Å². The van der Waals surface area contributed by atoms with Crippen LogP contribution in [0.25, 0.3) is 0 Å². The van der Waals surface area contributed by atoms with Crippen LogP contribution in [0.5, 0.6) is 0 Å². The van der Waals surface area contributed by atoms with Gasteiger partial charge >= 0.3 is 0 Å². The van der Waals surface area contributed by atoms with Crippen molar-refractivity contribution in [3.05, 3.63) is 0 Å². The van der Waals surface area contributed by atoms with Gasteiger partial charge in [0, 0.05) is 6.61 Å². The Kier molecular flexibility index (Phi) is 4.69. The topological polar surface area (TPSA) is 29.5 Å². The summed E-state index contributed by atoms with van der Waals surface area (Å²) in [5, 5.41) is 9.39. The molecule has 0 fully saturated rings. The van der Waals surface area contributed by atoms with Crippen LogP contribution in [0.3, 0.4) is 0 Å². The fraction of sp³-hybridized carbons (Fsp3) is 1.00. The van der Waals surface area contributed by atoms with Crippen molar-refractivity contribution in [1.82, 2.24) is 0 Å². The van der Waals surface area contributed by atoms with Crippen molar-refractivity contribution < 1.29 is 9.84 Å². The second-order valence-electron chi connectivity index (χ2n) is 4.08. The molecule has 0 heterocycles. The van der Waals surface area contributed by atoms with Crippen LogP contribution in [0.15, 0.2) is 0 Å². The average Bonchev–Trinajstić information content (AvgIpc) is 1.79. The fourth-order valence-corrected chi connectivity index (χ4v) is 1.02. The van der Waals surface area contributed by atoms with E-state index >= 15 is 0 Å². The molecule has 0 amide bonds. The third-order valence-electron chi connectivity index (χ3n) is 1.36. The monoisotopic (exact) mass is 160 g/mol. The van der Waals surface area contributed by atoms with Crippen LogP contribution < -0.4 is 0 Å². The van der Waals surface area contributed by atoms with Crippen LogP contribution in [0.1, 0.15) is 34.1 Å². The highest BCUT2D eigenvalue weighted by atomic mass is 16.5. The Hall–Kier alpha value is -0.0800. The Morgan fingerprint density at radius 3 is 2.27 bits per heavy atom. The van der Waals surface area contributed by atoms with Crippen LogP contribution in [-0.4, -0.2) is 24.4 Å². The van der Waals surface area contributed by atoms with Gasteiger partial charge < -0.3 is 9.84 Å². The maximum Gasteiger partial charge on any atom is 0.0778 e. The molecular weight excluding hydrogens is 140 g/mol. The maximum atomic E-state index is 9.39. The summed E-state index contributed by atoms with van der Waals surface area (Å²) in [6, 6.07) is 0. The van der Waals surface area contributed by atoms with Crippen molar-refractivity contribution in [2.24, 2.45) is 5.41 Å². The summed E-state index contributed by atoms with van der Waals surface area (Å²) < 4.78 is 5.09. The van der Waals surface area contributed by atoms with Gasteiger partial charge in [-0.3, -0.25) is 0 Å². The molecule has 0 aliphatic heterocycles. The first-order chi connectivity index (χ1) is 4.95. The predicted molar refractivity (Wildman–Crippen MR) is 46.6 cm³/mol. The van der Waals surface area contributed by atoms with Gasteiger partial charge in [0.25, 0.3) is 0 Å². The molecule has 0 spiro atoms. The summed E-state index contributed by atoms with van der Waals surface area (Å²) in [4.78, 5) is 0. The standard InChI is InChI=1S/C9H20O2/c1-5-11-7-8(10)6-9(2,3)4/h8,10H,5-7H2,1-4H3. The molecule has 1 N–H and O–H groups in total. The number of aliphatic hydroxyl groups is 1. The number of rotatable bonds is 4. The lowest BCUT2D eigenvalue weighted by Crippen LogP contribution is -2.22. The van der Waals surface area contributed by atoms with Crippen molar-refractivity contribution in [2.45, 2.75) is 40.2 Å². The van der Waals surface area contributed by atoms with Crippen molar-refractivity contribution in [2.75, 3.05) is 13.2 Å². The lowest BCUT2D eigenvalue weighted by Gasteiger charge is -2.21. The molecule has 1 unspecified atom stereocenters. The van der Waals surface area contributed by atoms with Crippen molar-refractivity contribution in [3.8, 4) is 0 Å². The molecule has 0 aliphatic rings. The Balaban J connectivity index is 3.44. The summed E-state index contributed by atoms with van der Waals surface area (Å²) in [7, 11) is 0. The Morgan fingerprint density at radius 2 is 1.91 bits per heavy atom. The van der Waals surface area contributed by atoms with Crippen LogP contribution >= 0.6 is 0 Å². The highest BCUT2D eigenvalue weighted by Crippen LogP contribution is 2.20. The third kappa shape index (κ3) is 7.82. The first-order valence-corrected chi connectivity index (χ1v) is 4.21. The van der Waals surface area contributed by atoms with E-state index in [4.69, 9.17) is 4.74 Å². The zero-order chi connectivity index (χ0) is 8.91. The first kappa shape index (κ1) is 10.9. The smallest absolute Gasteiger partial charge is 0.0778 e. The Labute approximate surface area is 69.6 Å². The minimum Gasteiger partial charge on any atom is -0.391 e. The molecule has 0 bridgehead atoms. The second-order valence-corrected chi connectivity index (χ2v) is 4.08. The molecule has 0 aromatic carbocycles. The van der Waals surface area contributed by atoms with Gasteiger partial charge in [-0.05, 0) is 18.8 Å². The Bertz CT molecular complexity index is 94.2. The fourth-order valence-electron chi connectivity index (χ4n) is 1.02. The van der Waals surface area contributed by atoms with Gasteiger partial charge in [-0.2, -0.15) is 0 Å². The van der Waals surface area contributed by atoms with E-state index in [0.717, 1.165) is 6.42 Å². The van der Waals surface area contributed by atoms with Gasteiger partial charge in [0.15, 0.2) is 0 Å². The number of hydrogen-bond donors (Lipinski definition) is 1. The molecule has 0 saturated carbocycles. The SMILES string of the molecule is CCOCC(O)CC(C)(C)C. The largest absolute Gasteiger partial charge is 0.391 e. The highest BCUT2D eigenvalue weighted by molar-refractivity contribution is 4.67. The van der Waals surface area contributed by atoms with Gasteiger partial charge in [0.1, 0.15) is 0 Å². The van der Waals surface area contributed by atoms with Crippen molar-refractivity contribution in [1.29, 1.82) is 0 Å². The van der Waals surface area contributed by atoms with Crippen LogP contribution in [0, 0.1) is 5.41 Å². The first-order valence-electron chi connectivity index (χ1n) is 4.21. The summed E-state index contributed by atoms with van der Waals surface area (Å²) in [5.74, 6) is 0. The van der Waals surface area contributed by atoms with E-state index in [1.807, 2.05) is 6.92 Å². The van der Waals surface area contributed by atoms with E-state index in [2.05, 4.69) is 20.8 Å². The molecular formula is C9H20O2. The Morgan fingerprint density at radius 1 is 1.36 bits per heavy atom. The van der Waals surface area contributed by atoms with E-state index in [1.54, 1.807) is 0 Å². The van der Waals surface area contributed by atoms with Gasteiger partial charge in [-0.25, -0.2) is 0 Å². The normalized spacial score (nSPS) is 15.0. The molecule has 0 aromatic rings. The van der Waals surface area contributed by atoms with Crippen LogP contribution in [-0.2, 0) is 4.74 Å². The molecule has 11 heavy (non-hydrogen) atoms. The van der Waals surface area contributed by atoms with E-state index in [9.17, 15) is 5.11 Å². The lowest BCUT2D eigenvalue weighted by atomic mass is 9.89. The quantitative estimate of drug-likeness (QED) is 0.679. The van der Waals surface area contributed by atoms with Gasteiger partial charge in [0.05, 0.1) is 12.7 Å². The minimum absolute atomic E-state index is 0.191. The summed E-state index contributed by atoms with van der Waals surface area (Å²) >= 11 is 0. The molecule has 1 atom stereocenters. The number of ether oxygens (including phenoxy) is 1. The van der Waals surface area contributed by atoms with Gasteiger partial charge in [-0.1, -0.05) is 20.8 Å². The highest BCUT2D eigenvalue weighted by Gasteiger charge is 2.16. The zero-order valence-electron chi connectivity index (χ0n) is 8.05. The van der Waals surface area contributed by atoms with Crippen LogP contribution in [0.4, 0.5) is 0 Å². The second kappa shape index (κ2) is 4.73. The molecule has 0 aliphatic carbocycles. The van der Waals surface area contributed by atoms with Crippen LogP contribution in [0.2, 0.25) is 0 Å². The minimum atomic E-state index is -0.310. The predicted octanol–water partition coefficient (Wildman–Crippen LogP) is 1.82. The maximum absolute atomic E-state index is 9.39. The van der Waals surface area contributed by atoms with Crippen molar-refractivity contribution in [3.63, 3.8) is 0 Å². The molecule has 2 nitrogen and oxygen atoms in total. The summed E-state index contributed by atoms with van der Waals surface area (Å²) in [6.07, 6.45) is 0.488. The van der Waals surface area contributed by atoms with E-state index in [0.29, 0.717) is 13.2 Å². The number of hydrogen-bond acceptors (Lipinski definition) is 2. The lowest BCUT2D eigenvalue weighted by molar-refractivity contribution is 0.0209. The third-order valence-corrected chi connectivity index (χ3v) is 1.36. The number of aliphatic hydroxyl groups excluding tert-OH is 1. The molecule has 0 saturated heterocycles. The van der Waals surface area contributed by atoms with E-state index in [-0.39, 0.29) is 11.5 Å². The van der Waals surface area contributed by atoms with E-state index in [1.165, 1.54) is 0 Å². The van der Waals surface area contributed by atoms with Gasteiger partial charge in [0.2, 0.25) is 0 Å². The molecule has 0 rings (SSSR count). The average molecular weight is 160 g/mol. The summed E-state index contributed by atoms with van der Waals surface area (Å²) in [5.41, 5.74) is 0.191.